The topological polar surface area (TPSA) is 17.8 Å². The van der Waals surface area contributed by atoms with Gasteiger partial charge in [-0.3, -0.25) is 0 Å². The van der Waals surface area contributed by atoms with Crippen molar-refractivity contribution in [3.63, 3.8) is 0 Å². The Labute approximate surface area is 154 Å². The molecule has 4 rings (SSSR count). The van der Waals surface area contributed by atoms with E-state index in [1.165, 1.54) is 18.7 Å². The number of benzene rings is 2. The van der Waals surface area contributed by atoms with Crippen LogP contribution in [0.25, 0.3) is 22.4 Å². The minimum absolute atomic E-state index is 0. The quantitative estimate of drug-likeness (QED) is 0.573. The van der Waals surface area contributed by atoms with Crippen LogP contribution in [-0.2, 0) is 13.0 Å². The SMILES string of the molecule is Cc1cc(F)c(-c2ccc(-c3cn4c(n3)CCCC4)cc2)cc1C.Cl. The molecule has 1 aliphatic heterocycles. The largest absolute Gasteiger partial charge is 0.334 e. The molecule has 0 unspecified atom stereocenters. The van der Waals surface area contributed by atoms with Gasteiger partial charge in [-0.2, -0.15) is 0 Å². The molecule has 3 aromatic rings. The van der Waals surface area contributed by atoms with Gasteiger partial charge in [0.2, 0.25) is 0 Å². The van der Waals surface area contributed by atoms with Crippen molar-refractivity contribution >= 4 is 12.4 Å². The molecule has 0 spiro atoms. The van der Waals surface area contributed by atoms with Crippen molar-refractivity contribution in [3.8, 4) is 22.4 Å². The second-order valence-corrected chi connectivity index (χ2v) is 6.69. The predicted molar refractivity (Wildman–Crippen MR) is 103 cm³/mol. The lowest BCUT2D eigenvalue weighted by Gasteiger charge is -2.11. The third kappa shape index (κ3) is 3.34. The van der Waals surface area contributed by atoms with Crippen molar-refractivity contribution in [1.29, 1.82) is 0 Å². The summed E-state index contributed by atoms with van der Waals surface area (Å²) in [6.45, 7) is 5.02. The van der Waals surface area contributed by atoms with Crippen LogP contribution in [0.15, 0.2) is 42.6 Å². The second-order valence-electron chi connectivity index (χ2n) is 6.69. The summed E-state index contributed by atoms with van der Waals surface area (Å²) in [5.41, 5.74) is 5.76. The molecule has 0 atom stereocenters. The van der Waals surface area contributed by atoms with Gasteiger partial charge in [0, 0.05) is 30.3 Å². The fraction of sp³-hybridized carbons (Fsp3) is 0.286. The van der Waals surface area contributed by atoms with Crippen molar-refractivity contribution < 1.29 is 4.39 Å². The first-order chi connectivity index (χ1) is 11.6. The summed E-state index contributed by atoms with van der Waals surface area (Å²) in [4.78, 5) is 4.76. The van der Waals surface area contributed by atoms with Gasteiger partial charge < -0.3 is 4.57 Å². The number of fused-ring (bicyclic) bond motifs is 1. The summed E-state index contributed by atoms with van der Waals surface area (Å²) < 4.78 is 16.5. The van der Waals surface area contributed by atoms with Crippen molar-refractivity contribution in [3.05, 3.63) is 65.4 Å². The van der Waals surface area contributed by atoms with Crippen molar-refractivity contribution in [2.24, 2.45) is 0 Å². The monoisotopic (exact) mass is 356 g/mol. The van der Waals surface area contributed by atoms with E-state index in [1.807, 2.05) is 44.2 Å². The predicted octanol–water partition coefficient (Wildman–Crippen LogP) is 5.73. The van der Waals surface area contributed by atoms with Gasteiger partial charge in [0.05, 0.1) is 5.69 Å². The first kappa shape index (κ1) is 17.7. The Morgan fingerprint density at radius 2 is 1.64 bits per heavy atom. The van der Waals surface area contributed by atoms with E-state index in [4.69, 9.17) is 4.98 Å². The Morgan fingerprint density at radius 3 is 2.36 bits per heavy atom. The molecule has 130 valence electrons. The Hall–Kier alpha value is -2.13. The molecular weight excluding hydrogens is 335 g/mol. The number of nitrogens with zero attached hydrogens (tertiary/aromatic N) is 2. The number of aromatic nitrogens is 2. The fourth-order valence-electron chi connectivity index (χ4n) is 3.37. The Balaban J connectivity index is 0.00000182. The van der Waals surface area contributed by atoms with Crippen molar-refractivity contribution in [1.82, 2.24) is 9.55 Å². The first-order valence-corrected chi connectivity index (χ1v) is 8.55. The molecule has 0 saturated carbocycles. The van der Waals surface area contributed by atoms with E-state index in [9.17, 15) is 4.39 Å². The van der Waals surface area contributed by atoms with Crippen LogP contribution < -0.4 is 0 Å². The van der Waals surface area contributed by atoms with Crippen LogP contribution in [0.3, 0.4) is 0 Å². The average Bonchev–Trinajstić information content (AvgIpc) is 3.02. The van der Waals surface area contributed by atoms with Crippen LogP contribution in [0, 0.1) is 19.7 Å². The van der Waals surface area contributed by atoms with Crippen LogP contribution in [-0.4, -0.2) is 9.55 Å². The maximum absolute atomic E-state index is 14.3. The van der Waals surface area contributed by atoms with Crippen molar-refractivity contribution in [2.75, 3.05) is 0 Å². The number of hydrogen-bond acceptors (Lipinski definition) is 1. The highest BCUT2D eigenvalue weighted by Gasteiger charge is 2.13. The Bertz CT molecular complexity index is 874. The average molecular weight is 357 g/mol. The molecule has 2 aromatic carbocycles. The van der Waals surface area contributed by atoms with Gasteiger partial charge in [-0.15, -0.1) is 12.4 Å². The number of rotatable bonds is 2. The molecule has 25 heavy (non-hydrogen) atoms. The van der Waals surface area contributed by atoms with E-state index < -0.39 is 0 Å². The highest BCUT2D eigenvalue weighted by molar-refractivity contribution is 5.85. The smallest absolute Gasteiger partial charge is 0.131 e. The zero-order chi connectivity index (χ0) is 16.7. The lowest BCUT2D eigenvalue weighted by Crippen LogP contribution is -2.08. The lowest BCUT2D eigenvalue weighted by molar-refractivity contribution is 0.522. The summed E-state index contributed by atoms with van der Waals surface area (Å²) in [5, 5.41) is 0. The molecule has 0 saturated heterocycles. The van der Waals surface area contributed by atoms with E-state index in [0.29, 0.717) is 5.56 Å². The normalized spacial score (nSPS) is 13.2. The minimum atomic E-state index is -0.164. The van der Waals surface area contributed by atoms with Crippen LogP contribution in [0.5, 0.6) is 0 Å². The number of hydrogen-bond donors (Lipinski definition) is 0. The maximum Gasteiger partial charge on any atom is 0.131 e. The van der Waals surface area contributed by atoms with Gasteiger partial charge in [0.25, 0.3) is 0 Å². The van der Waals surface area contributed by atoms with E-state index in [1.54, 1.807) is 6.07 Å². The molecule has 1 aliphatic rings. The van der Waals surface area contributed by atoms with Crippen LogP contribution in [0.4, 0.5) is 4.39 Å². The summed E-state index contributed by atoms with van der Waals surface area (Å²) in [5.74, 6) is 1.02. The molecular formula is C21H22ClFN2. The first-order valence-electron chi connectivity index (χ1n) is 8.55. The van der Waals surface area contributed by atoms with Crippen LogP contribution >= 0.6 is 12.4 Å². The van der Waals surface area contributed by atoms with Gasteiger partial charge >= 0.3 is 0 Å². The third-order valence-electron chi connectivity index (χ3n) is 4.98. The summed E-state index contributed by atoms with van der Waals surface area (Å²) >= 11 is 0. The zero-order valence-electron chi connectivity index (χ0n) is 14.6. The van der Waals surface area contributed by atoms with Gasteiger partial charge in [-0.25, -0.2) is 9.37 Å². The lowest BCUT2D eigenvalue weighted by atomic mass is 9.98. The van der Waals surface area contributed by atoms with Gasteiger partial charge in [0.15, 0.2) is 0 Å². The van der Waals surface area contributed by atoms with E-state index >= 15 is 0 Å². The van der Waals surface area contributed by atoms with E-state index in [2.05, 4.69) is 10.8 Å². The molecule has 0 radical (unpaired) electrons. The molecule has 2 nitrogen and oxygen atoms in total. The molecule has 0 aliphatic carbocycles. The highest BCUT2D eigenvalue weighted by atomic mass is 35.5. The Kier molecular flexibility index (Phi) is 4.96. The molecule has 0 N–H and O–H groups in total. The fourth-order valence-corrected chi connectivity index (χ4v) is 3.37. The standard InChI is InChI=1S/C21H21FN2.ClH/c1-14-11-18(19(22)12-15(14)2)16-6-8-17(9-7-16)20-13-24-10-4-3-5-21(24)23-20;/h6-9,11-13H,3-5,10H2,1-2H3;1H. The minimum Gasteiger partial charge on any atom is -0.334 e. The highest BCUT2D eigenvalue weighted by Crippen LogP contribution is 2.29. The zero-order valence-corrected chi connectivity index (χ0v) is 15.4. The Morgan fingerprint density at radius 1 is 0.960 bits per heavy atom. The number of aryl methyl sites for hydroxylation is 4. The molecule has 0 amide bonds. The maximum atomic E-state index is 14.3. The molecule has 0 fully saturated rings. The van der Waals surface area contributed by atoms with Gasteiger partial charge in [-0.05, 0) is 55.5 Å². The van der Waals surface area contributed by atoms with Gasteiger partial charge in [0.1, 0.15) is 11.6 Å². The number of imidazole rings is 1. The summed E-state index contributed by atoms with van der Waals surface area (Å²) in [7, 11) is 0. The third-order valence-corrected chi connectivity index (χ3v) is 4.98. The molecule has 1 aromatic heterocycles. The van der Waals surface area contributed by atoms with Crippen LogP contribution in [0.1, 0.15) is 29.8 Å². The van der Waals surface area contributed by atoms with E-state index in [0.717, 1.165) is 40.9 Å². The molecule has 4 heteroatoms. The van der Waals surface area contributed by atoms with Gasteiger partial charge in [-0.1, -0.05) is 24.3 Å². The summed E-state index contributed by atoms with van der Waals surface area (Å²) in [6.07, 6.45) is 5.65. The molecule has 0 bridgehead atoms. The van der Waals surface area contributed by atoms with Crippen molar-refractivity contribution in [2.45, 2.75) is 39.7 Å². The van der Waals surface area contributed by atoms with E-state index in [-0.39, 0.29) is 18.2 Å². The molecule has 2 heterocycles. The van der Waals surface area contributed by atoms with Crippen LogP contribution in [0.2, 0.25) is 0 Å². The number of halogens is 2. The second kappa shape index (κ2) is 7.01. The summed E-state index contributed by atoms with van der Waals surface area (Å²) in [6, 6.07) is 11.6.